The van der Waals surface area contributed by atoms with Gasteiger partial charge < -0.3 is 10.1 Å². The van der Waals surface area contributed by atoms with E-state index in [1.165, 1.54) is 0 Å². The molecule has 3 aromatic rings. The third-order valence-corrected chi connectivity index (χ3v) is 4.30. The largest absolute Gasteiger partial charge is 0.424 e. The molecular weight excluding hydrogens is 426 g/mol. The van der Waals surface area contributed by atoms with Crippen LogP contribution in [0.25, 0.3) is 0 Å². The van der Waals surface area contributed by atoms with E-state index in [0.29, 0.717) is 17.0 Å². The molecule has 140 valence electrons. The number of aromatic nitrogens is 2. The molecule has 2 aromatic carbocycles. The van der Waals surface area contributed by atoms with Crippen LogP contribution < -0.4 is 10.1 Å². The van der Waals surface area contributed by atoms with Crippen LogP contribution in [0.15, 0.2) is 47.1 Å². The zero-order valence-electron chi connectivity index (χ0n) is 14.9. The summed E-state index contributed by atoms with van der Waals surface area (Å²) in [7, 11) is 0. The van der Waals surface area contributed by atoms with Gasteiger partial charge in [-0.2, -0.15) is 15.2 Å². The van der Waals surface area contributed by atoms with Crippen LogP contribution in [0.3, 0.4) is 0 Å². The maximum absolute atomic E-state index is 11.3. The van der Waals surface area contributed by atoms with Crippen molar-refractivity contribution in [2.24, 2.45) is 0 Å². The smallest absolute Gasteiger partial charge is 0.330 e. The summed E-state index contributed by atoms with van der Waals surface area (Å²) in [6, 6.07) is 12.2. The highest BCUT2D eigenvalue weighted by atomic mass is 79.9. The van der Waals surface area contributed by atoms with Gasteiger partial charge in [-0.1, -0.05) is 15.9 Å². The molecular formula is C19H14BrN5O3. The van der Waals surface area contributed by atoms with Crippen molar-refractivity contribution in [1.29, 1.82) is 5.26 Å². The first-order valence-corrected chi connectivity index (χ1v) is 8.90. The normalized spacial score (nSPS) is 10.2. The molecule has 3 rings (SSSR count). The molecule has 1 heterocycles. The van der Waals surface area contributed by atoms with E-state index in [0.717, 1.165) is 21.8 Å². The lowest BCUT2D eigenvalue weighted by atomic mass is 10.1. The Morgan fingerprint density at radius 1 is 1.21 bits per heavy atom. The van der Waals surface area contributed by atoms with Gasteiger partial charge in [-0.25, -0.2) is 0 Å². The number of benzene rings is 2. The SMILES string of the molecule is Cc1cc(Br)cc(C)c1Oc1ncc([N+](=O)[O-])c(Nc2ccc(C#N)cc2)n1. The number of nitrogens with one attached hydrogen (secondary N) is 1. The summed E-state index contributed by atoms with van der Waals surface area (Å²) in [6.07, 6.45) is 1.10. The maximum Gasteiger partial charge on any atom is 0.330 e. The Morgan fingerprint density at radius 3 is 2.43 bits per heavy atom. The van der Waals surface area contributed by atoms with Crippen LogP contribution >= 0.6 is 15.9 Å². The van der Waals surface area contributed by atoms with E-state index in [1.807, 2.05) is 32.0 Å². The summed E-state index contributed by atoms with van der Waals surface area (Å²) >= 11 is 3.43. The first kappa shape index (κ1) is 19.3. The minimum Gasteiger partial charge on any atom is -0.424 e. The number of hydrogen-bond acceptors (Lipinski definition) is 7. The highest BCUT2D eigenvalue weighted by molar-refractivity contribution is 9.10. The number of halogens is 1. The number of nitrogens with zero attached hydrogens (tertiary/aromatic N) is 4. The molecule has 1 aromatic heterocycles. The van der Waals surface area contributed by atoms with Gasteiger partial charge in [-0.3, -0.25) is 10.1 Å². The van der Waals surface area contributed by atoms with Gasteiger partial charge in [0.1, 0.15) is 11.9 Å². The highest BCUT2D eigenvalue weighted by Gasteiger charge is 2.19. The second-order valence-corrected chi connectivity index (χ2v) is 6.84. The molecule has 0 aliphatic carbocycles. The van der Waals surface area contributed by atoms with E-state index in [1.54, 1.807) is 24.3 Å². The molecule has 0 radical (unpaired) electrons. The van der Waals surface area contributed by atoms with Crippen molar-refractivity contribution < 1.29 is 9.66 Å². The van der Waals surface area contributed by atoms with Crippen molar-refractivity contribution in [3.63, 3.8) is 0 Å². The molecule has 0 aliphatic rings. The molecule has 0 atom stereocenters. The van der Waals surface area contributed by atoms with Crippen molar-refractivity contribution in [3.8, 4) is 17.8 Å². The minimum atomic E-state index is -0.577. The summed E-state index contributed by atoms with van der Waals surface area (Å²) in [5.41, 5.74) is 2.47. The van der Waals surface area contributed by atoms with Gasteiger partial charge in [0, 0.05) is 10.2 Å². The predicted octanol–water partition coefficient (Wildman–Crippen LogP) is 5.17. The Kier molecular flexibility index (Phi) is 5.52. The highest BCUT2D eigenvalue weighted by Crippen LogP contribution is 2.32. The zero-order valence-corrected chi connectivity index (χ0v) is 16.5. The molecule has 0 bridgehead atoms. The van der Waals surface area contributed by atoms with Crippen molar-refractivity contribution in [2.45, 2.75) is 13.8 Å². The number of nitriles is 1. The quantitative estimate of drug-likeness (QED) is 0.430. The van der Waals surface area contributed by atoms with Crippen molar-refractivity contribution >= 4 is 33.1 Å². The Labute approximate surface area is 169 Å². The molecule has 0 fully saturated rings. The molecule has 0 unspecified atom stereocenters. The van der Waals surface area contributed by atoms with Crippen molar-refractivity contribution in [2.75, 3.05) is 5.32 Å². The van der Waals surface area contributed by atoms with Crippen LogP contribution in [0, 0.1) is 35.3 Å². The van der Waals surface area contributed by atoms with Gasteiger partial charge in [0.15, 0.2) is 0 Å². The predicted molar refractivity (Wildman–Crippen MR) is 107 cm³/mol. The van der Waals surface area contributed by atoms with E-state index in [4.69, 9.17) is 10.00 Å². The van der Waals surface area contributed by atoms with Crippen LogP contribution in [0.5, 0.6) is 11.8 Å². The number of nitro groups is 1. The number of aryl methyl sites for hydroxylation is 2. The Hall–Kier alpha value is -3.51. The van der Waals surface area contributed by atoms with Crippen LogP contribution in [0.1, 0.15) is 16.7 Å². The van der Waals surface area contributed by atoms with Gasteiger partial charge in [-0.15, -0.1) is 0 Å². The molecule has 9 heteroatoms. The van der Waals surface area contributed by atoms with E-state index >= 15 is 0 Å². The second kappa shape index (κ2) is 8.02. The van der Waals surface area contributed by atoms with Gasteiger partial charge >= 0.3 is 11.7 Å². The van der Waals surface area contributed by atoms with Crippen LogP contribution in [-0.4, -0.2) is 14.9 Å². The lowest BCUT2D eigenvalue weighted by Crippen LogP contribution is -2.03. The van der Waals surface area contributed by atoms with Crippen molar-refractivity contribution in [1.82, 2.24) is 9.97 Å². The van der Waals surface area contributed by atoms with Crippen LogP contribution in [0.4, 0.5) is 17.2 Å². The summed E-state index contributed by atoms with van der Waals surface area (Å²) in [5, 5.41) is 23.1. The molecule has 0 saturated carbocycles. The molecule has 8 nitrogen and oxygen atoms in total. The Bertz CT molecular complexity index is 1070. The Morgan fingerprint density at radius 2 is 1.86 bits per heavy atom. The molecule has 1 N–H and O–H groups in total. The monoisotopic (exact) mass is 439 g/mol. The Balaban J connectivity index is 1.95. The van der Waals surface area contributed by atoms with E-state index in [9.17, 15) is 10.1 Å². The average molecular weight is 440 g/mol. The topological polar surface area (TPSA) is 114 Å². The summed E-state index contributed by atoms with van der Waals surface area (Å²) in [6.45, 7) is 3.77. The maximum atomic E-state index is 11.3. The van der Waals surface area contributed by atoms with Crippen LogP contribution in [0.2, 0.25) is 0 Å². The third kappa shape index (κ3) is 4.24. The number of anilines is 2. The van der Waals surface area contributed by atoms with Gasteiger partial charge in [0.2, 0.25) is 5.82 Å². The zero-order chi connectivity index (χ0) is 20.3. The van der Waals surface area contributed by atoms with Gasteiger partial charge in [0.25, 0.3) is 0 Å². The van der Waals surface area contributed by atoms with E-state index < -0.39 is 4.92 Å². The molecule has 0 saturated heterocycles. The molecule has 0 amide bonds. The lowest BCUT2D eigenvalue weighted by molar-refractivity contribution is -0.384. The standard InChI is InChI=1S/C19H14BrN5O3/c1-11-7-14(20)8-12(2)17(11)28-19-22-10-16(25(26)27)18(24-19)23-15-5-3-13(9-21)4-6-15/h3-8,10H,1-2H3,(H,22,23,24). The summed E-state index contributed by atoms with van der Waals surface area (Å²) in [4.78, 5) is 18.9. The number of ether oxygens (including phenoxy) is 1. The third-order valence-electron chi connectivity index (χ3n) is 3.84. The fourth-order valence-electron chi connectivity index (χ4n) is 2.55. The first-order valence-electron chi connectivity index (χ1n) is 8.10. The van der Waals surface area contributed by atoms with E-state index in [2.05, 4.69) is 31.2 Å². The van der Waals surface area contributed by atoms with Gasteiger partial charge in [-0.05, 0) is 61.4 Å². The molecule has 28 heavy (non-hydrogen) atoms. The van der Waals surface area contributed by atoms with Crippen LogP contribution in [-0.2, 0) is 0 Å². The minimum absolute atomic E-state index is 0.00729. The lowest BCUT2D eigenvalue weighted by Gasteiger charge is -2.12. The molecule has 0 spiro atoms. The fourth-order valence-corrected chi connectivity index (χ4v) is 3.24. The molecule has 0 aliphatic heterocycles. The number of rotatable bonds is 5. The van der Waals surface area contributed by atoms with E-state index in [-0.39, 0.29) is 17.5 Å². The first-order chi connectivity index (χ1) is 13.4. The van der Waals surface area contributed by atoms with Gasteiger partial charge in [0.05, 0.1) is 16.6 Å². The summed E-state index contributed by atoms with van der Waals surface area (Å²) in [5.74, 6) is 0.577. The average Bonchev–Trinajstić information content (AvgIpc) is 2.65. The second-order valence-electron chi connectivity index (χ2n) is 5.93. The summed E-state index contributed by atoms with van der Waals surface area (Å²) < 4.78 is 6.71. The fraction of sp³-hybridized carbons (Fsp3) is 0.105. The van der Waals surface area contributed by atoms with Crippen molar-refractivity contribution in [3.05, 3.63) is 73.9 Å². The number of hydrogen-bond donors (Lipinski definition) is 1.